The zero-order chi connectivity index (χ0) is 20.8. The molecule has 4 aliphatic rings. The Labute approximate surface area is 175 Å². The number of hydrogen-bond acceptors (Lipinski definition) is 6. The molecule has 5 rings (SSSR count). The van der Waals surface area contributed by atoms with Gasteiger partial charge in [-0.05, 0) is 68.9 Å². The second kappa shape index (κ2) is 7.59. The minimum atomic E-state index is -0.921. The zero-order valence-electron chi connectivity index (χ0n) is 16.9. The van der Waals surface area contributed by atoms with Gasteiger partial charge in [-0.1, -0.05) is 12.1 Å². The van der Waals surface area contributed by atoms with E-state index in [4.69, 9.17) is 0 Å². The van der Waals surface area contributed by atoms with Crippen LogP contribution >= 0.6 is 0 Å². The van der Waals surface area contributed by atoms with Crippen molar-refractivity contribution < 1.29 is 19.2 Å². The highest BCUT2D eigenvalue weighted by Gasteiger charge is 2.45. The number of fused-ring (bicyclic) bond motifs is 1. The molecule has 8 heteroatoms. The van der Waals surface area contributed by atoms with Crippen LogP contribution in [0.1, 0.15) is 52.0 Å². The van der Waals surface area contributed by atoms with Crippen molar-refractivity contribution in [2.24, 2.45) is 11.8 Å². The lowest BCUT2D eigenvalue weighted by atomic mass is 9.81. The fraction of sp³-hybridized carbons (Fsp3) is 0.545. The van der Waals surface area contributed by atoms with Crippen molar-refractivity contribution in [3.63, 3.8) is 0 Å². The zero-order valence-corrected chi connectivity index (χ0v) is 16.9. The first kappa shape index (κ1) is 19.4. The topological polar surface area (TPSA) is 98.8 Å². The van der Waals surface area contributed by atoms with Crippen molar-refractivity contribution >= 4 is 23.6 Å². The van der Waals surface area contributed by atoms with Crippen molar-refractivity contribution in [1.82, 2.24) is 20.4 Å². The lowest BCUT2D eigenvalue weighted by Gasteiger charge is -2.40. The molecule has 3 fully saturated rings. The van der Waals surface area contributed by atoms with E-state index in [1.807, 2.05) is 6.07 Å². The van der Waals surface area contributed by atoms with E-state index in [9.17, 15) is 19.2 Å². The van der Waals surface area contributed by atoms with Crippen LogP contribution in [0.15, 0.2) is 18.2 Å². The molecule has 4 amide bonds. The summed E-state index contributed by atoms with van der Waals surface area (Å²) in [5.41, 5.74) is 1.61. The van der Waals surface area contributed by atoms with Crippen LogP contribution in [0.25, 0.3) is 0 Å². The van der Waals surface area contributed by atoms with Crippen molar-refractivity contribution in [1.29, 1.82) is 0 Å². The largest absolute Gasteiger partial charge is 0.316 e. The molecule has 8 nitrogen and oxygen atoms in total. The summed E-state index contributed by atoms with van der Waals surface area (Å²) in [6, 6.07) is 4.44. The van der Waals surface area contributed by atoms with Crippen LogP contribution in [0.2, 0.25) is 0 Å². The molecule has 0 radical (unpaired) electrons. The normalized spacial score (nSPS) is 26.0. The van der Waals surface area contributed by atoms with Gasteiger partial charge in [0, 0.05) is 13.0 Å². The SMILES string of the molecule is O=C1CCC(N2C(=O)c3cccc(CN4CCC(C5CNC5)CC4)c3C2=O)C(=O)N1. The van der Waals surface area contributed by atoms with E-state index < -0.39 is 23.8 Å². The standard InChI is InChI=1S/C22H26N4O4/c27-18-5-4-17(20(28)24-18)26-21(29)16-3-1-2-14(19(16)22(26)30)12-25-8-6-13(7-9-25)15-10-23-11-15/h1-3,13,15,17,23H,4-12H2,(H,24,27,28). The average Bonchev–Trinajstić information content (AvgIpc) is 2.94. The molecule has 1 aromatic carbocycles. The smallest absolute Gasteiger partial charge is 0.262 e. The maximum atomic E-state index is 13.2. The molecular weight excluding hydrogens is 384 g/mol. The molecule has 0 bridgehead atoms. The maximum Gasteiger partial charge on any atom is 0.262 e. The van der Waals surface area contributed by atoms with Crippen LogP contribution < -0.4 is 10.6 Å². The summed E-state index contributed by atoms with van der Waals surface area (Å²) in [4.78, 5) is 53.3. The molecule has 1 unspecified atom stereocenters. The molecule has 158 valence electrons. The number of rotatable bonds is 4. The highest BCUT2D eigenvalue weighted by molar-refractivity contribution is 6.24. The van der Waals surface area contributed by atoms with Gasteiger partial charge in [0.25, 0.3) is 11.8 Å². The van der Waals surface area contributed by atoms with Crippen LogP contribution in [0.4, 0.5) is 0 Å². The lowest BCUT2D eigenvalue weighted by molar-refractivity contribution is -0.136. The van der Waals surface area contributed by atoms with Crippen LogP contribution in [0.3, 0.4) is 0 Å². The number of hydrogen-bond donors (Lipinski definition) is 2. The molecule has 3 saturated heterocycles. The van der Waals surface area contributed by atoms with E-state index in [0.717, 1.165) is 61.3 Å². The van der Waals surface area contributed by atoms with Gasteiger partial charge in [-0.2, -0.15) is 0 Å². The Morgan fingerprint density at radius 1 is 0.933 bits per heavy atom. The van der Waals surface area contributed by atoms with Gasteiger partial charge >= 0.3 is 0 Å². The van der Waals surface area contributed by atoms with Gasteiger partial charge in [-0.25, -0.2) is 0 Å². The van der Waals surface area contributed by atoms with Crippen LogP contribution in [0, 0.1) is 11.8 Å². The third-order valence-corrected chi connectivity index (χ3v) is 7.06. The summed E-state index contributed by atoms with van der Waals surface area (Å²) in [5.74, 6) is -0.229. The lowest BCUT2D eigenvalue weighted by Crippen LogP contribution is -2.54. The van der Waals surface area contributed by atoms with E-state index in [-0.39, 0.29) is 18.7 Å². The third-order valence-electron chi connectivity index (χ3n) is 7.06. The minimum absolute atomic E-state index is 0.127. The van der Waals surface area contributed by atoms with E-state index >= 15 is 0 Å². The fourth-order valence-electron chi connectivity index (χ4n) is 5.18. The second-order valence-electron chi connectivity index (χ2n) is 8.82. The van der Waals surface area contributed by atoms with Gasteiger partial charge in [0.15, 0.2) is 0 Å². The summed E-state index contributed by atoms with van der Waals surface area (Å²) >= 11 is 0. The second-order valence-corrected chi connectivity index (χ2v) is 8.82. The predicted octanol–water partition coefficient (Wildman–Crippen LogP) is 0.519. The molecule has 2 N–H and O–H groups in total. The van der Waals surface area contributed by atoms with Gasteiger partial charge in [-0.3, -0.25) is 34.3 Å². The number of amides is 4. The summed E-state index contributed by atoms with van der Waals surface area (Å²) < 4.78 is 0. The molecule has 0 aliphatic carbocycles. The Morgan fingerprint density at radius 2 is 1.70 bits per heavy atom. The number of nitrogens with one attached hydrogen (secondary N) is 2. The average molecular weight is 410 g/mol. The first-order chi connectivity index (χ1) is 14.5. The minimum Gasteiger partial charge on any atom is -0.316 e. The monoisotopic (exact) mass is 410 g/mol. The van der Waals surface area contributed by atoms with Gasteiger partial charge in [0.05, 0.1) is 11.1 Å². The van der Waals surface area contributed by atoms with Gasteiger partial charge in [0.1, 0.15) is 6.04 Å². The van der Waals surface area contributed by atoms with Crippen LogP contribution in [0.5, 0.6) is 0 Å². The molecule has 0 aromatic heterocycles. The highest BCUT2D eigenvalue weighted by Crippen LogP contribution is 2.32. The van der Waals surface area contributed by atoms with Crippen molar-refractivity contribution in [2.75, 3.05) is 26.2 Å². The number of benzene rings is 1. The van der Waals surface area contributed by atoms with Crippen molar-refractivity contribution in [2.45, 2.75) is 38.3 Å². The Hall–Kier alpha value is -2.58. The number of carbonyl (C=O) groups excluding carboxylic acids is 4. The van der Waals surface area contributed by atoms with Crippen LogP contribution in [-0.4, -0.2) is 65.6 Å². The van der Waals surface area contributed by atoms with Gasteiger partial charge in [0.2, 0.25) is 11.8 Å². The Bertz CT molecular complexity index is 918. The molecule has 0 spiro atoms. The molecule has 1 atom stereocenters. The van der Waals surface area contributed by atoms with Crippen molar-refractivity contribution in [3.05, 3.63) is 34.9 Å². The number of carbonyl (C=O) groups is 4. The predicted molar refractivity (Wildman–Crippen MR) is 107 cm³/mol. The number of likely N-dealkylation sites (tertiary alicyclic amines) is 1. The summed E-state index contributed by atoms with van der Waals surface area (Å²) in [7, 11) is 0. The molecule has 30 heavy (non-hydrogen) atoms. The Morgan fingerprint density at radius 3 is 2.37 bits per heavy atom. The summed E-state index contributed by atoms with van der Waals surface area (Å²) in [6.45, 7) is 4.86. The number of piperidine rings is 2. The van der Waals surface area contributed by atoms with Crippen LogP contribution in [-0.2, 0) is 16.1 Å². The quantitative estimate of drug-likeness (QED) is 0.703. The van der Waals surface area contributed by atoms with E-state index in [1.165, 1.54) is 0 Å². The summed E-state index contributed by atoms with van der Waals surface area (Å²) in [6.07, 6.45) is 2.63. The number of imide groups is 2. The van der Waals surface area contributed by atoms with Gasteiger partial charge < -0.3 is 5.32 Å². The number of nitrogens with zero attached hydrogens (tertiary/aromatic N) is 2. The molecule has 1 aromatic rings. The molecule has 0 saturated carbocycles. The Kier molecular flexibility index (Phi) is 4.91. The van der Waals surface area contributed by atoms with E-state index in [2.05, 4.69) is 15.5 Å². The van der Waals surface area contributed by atoms with Gasteiger partial charge in [-0.15, -0.1) is 0 Å². The molecule has 4 heterocycles. The van der Waals surface area contributed by atoms with E-state index in [1.54, 1.807) is 12.1 Å². The summed E-state index contributed by atoms with van der Waals surface area (Å²) in [5, 5.41) is 5.59. The van der Waals surface area contributed by atoms with Crippen molar-refractivity contribution in [3.8, 4) is 0 Å². The Balaban J connectivity index is 1.32. The molecule has 4 aliphatic heterocycles. The maximum absolute atomic E-state index is 13.2. The highest BCUT2D eigenvalue weighted by atomic mass is 16.2. The molecular formula is C22H26N4O4. The fourth-order valence-corrected chi connectivity index (χ4v) is 5.18. The van der Waals surface area contributed by atoms with E-state index in [0.29, 0.717) is 17.7 Å². The first-order valence-electron chi connectivity index (χ1n) is 10.8. The third kappa shape index (κ3) is 3.24. The first-order valence-corrected chi connectivity index (χ1v) is 10.8.